The average molecular weight is 96.1 g/mol. The number of hydrogen-bond donors (Lipinski definition) is 4. The molecule has 0 fully saturated rings. The molecule has 0 saturated heterocycles. The Hall–Kier alpha value is 0.270. The molecule has 0 amide bonds. The summed E-state index contributed by atoms with van der Waals surface area (Å²) in [5, 5.41) is 0. The van der Waals surface area contributed by atoms with E-state index >= 15 is 0 Å². The predicted octanol–water partition coefficient (Wildman–Crippen LogP) is -1.77. The number of rotatable bonds is 0. The Morgan fingerprint density at radius 3 is 0.800 bits per heavy atom. The van der Waals surface area contributed by atoms with Crippen LogP contribution in [-0.2, 0) is 0 Å². The fourth-order valence-corrected chi connectivity index (χ4v) is 0. The summed E-state index contributed by atoms with van der Waals surface area (Å²) >= 11 is 0. The van der Waals surface area contributed by atoms with Crippen molar-refractivity contribution in [3.63, 3.8) is 0 Å². The molecule has 0 aliphatic carbocycles. The van der Waals surface area contributed by atoms with Gasteiger partial charge in [-0.05, 0) is 0 Å². The molecule has 0 rings (SSSR count). The van der Waals surface area contributed by atoms with Crippen LogP contribution in [0.2, 0.25) is 0 Å². The Bertz CT molecular complexity index is 19.1. The molecule has 0 saturated carbocycles. The van der Waals surface area contributed by atoms with Gasteiger partial charge in [0.2, 0.25) is 0 Å². The van der Waals surface area contributed by atoms with Crippen LogP contribution in [0.1, 0.15) is 0 Å². The molecule has 0 atom stereocenters. The zero-order valence-corrected chi connectivity index (χ0v) is 3.81. The molecule has 0 aromatic heterocycles. The van der Waals surface area contributed by atoms with Crippen molar-refractivity contribution >= 4 is 7.87 Å². The van der Waals surface area contributed by atoms with E-state index in [1.54, 1.807) is 0 Å². The van der Waals surface area contributed by atoms with E-state index in [-0.39, 0.29) is 0 Å². The Balaban J connectivity index is 3.02. The zero-order valence-electron chi connectivity index (χ0n) is 2.81. The molecule has 4 nitrogen and oxygen atoms in total. The second kappa shape index (κ2) is 1.16. The van der Waals surface area contributed by atoms with Gasteiger partial charge in [0.1, 0.15) is 0 Å². The quantitative estimate of drug-likeness (QED) is 0.268. The molecule has 34 valence electrons. The molecule has 0 heterocycles. The molecule has 0 aliphatic heterocycles. The average Bonchev–Trinajstić information content (AvgIpc) is 0.722. The van der Waals surface area contributed by atoms with E-state index in [9.17, 15) is 0 Å². The minimum absolute atomic E-state index is 2.61. The Morgan fingerprint density at radius 1 is 0.800 bits per heavy atom. The minimum atomic E-state index is -2.61. The van der Waals surface area contributed by atoms with Gasteiger partial charge in [-0.3, -0.25) is 0 Å². The molecule has 0 spiro atoms. The third kappa shape index (κ3) is 302. The van der Waals surface area contributed by atoms with Crippen molar-refractivity contribution in [1.29, 1.82) is 0 Å². The molecule has 0 aliphatic rings. The number of hydrogen-bond acceptors (Lipinski definition) is 4. The second-order valence-corrected chi connectivity index (χ2v) is 3.00. The summed E-state index contributed by atoms with van der Waals surface area (Å²) < 4.78 is 0. The van der Waals surface area contributed by atoms with E-state index in [1.165, 1.54) is 0 Å². The van der Waals surface area contributed by atoms with Crippen LogP contribution in [0.25, 0.3) is 0 Å². The predicted molar refractivity (Wildman–Crippen MR) is 25.1 cm³/mol. The van der Waals surface area contributed by atoms with E-state index in [0.29, 0.717) is 0 Å². The normalized spacial score (nSPS) is 15.2. The molecular formula is H9N4P. The maximum atomic E-state index is 4.83. The molecule has 8 N–H and O–H groups in total. The standard InChI is InChI=1S/H9N4P/c1-5(2,3)4/h5H,1-4H2. The van der Waals surface area contributed by atoms with Crippen molar-refractivity contribution < 1.29 is 0 Å². The molecule has 0 unspecified atom stereocenters. The summed E-state index contributed by atoms with van der Waals surface area (Å²) in [6.45, 7) is 0. The summed E-state index contributed by atoms with van der Waals surface area (Å²) in [6, 6.07) is 0. The summed E-state index contributed by atoms with van der Waals surface area (Å²) in [6.07, 6.45) is 0. The summed E-state index contributed by atoms with van der Waals surface area (Å²) in [4.78, 5) is 0. The molecule has 0 aromatic rings. The summed E-state index contributed by atoms with van der Waals surface area (Å²) in [5.74, 6) is 0. The van der Waals surface area contributed by atoms with E-state index in [4.69, 9.17) is 22.0 Å². The van der Waals surface area contributed by atoms with Crippen molar-refractivity contribution in [3.8, 4) is 0 Å². The summed E-state index contributed by atoms with van der Waals surface area (Å²) in [7, 11) is -2.61. The van der Waals surface area contributed by atoms with E-state index in [0.717, 1.165) is 0 Å². The van der Waals surface area contributed by atoms with Crippen molar-refractivity contribution in [2.45, 2.75) is 0 Å². The van der Waals surface area contributed by atoms with Crippen LogP contribution >= 0.6 is 7.87 Å². The van der Waals surface area contributed by atoms with Gasteiger partial charge in [-0.1, -0.05) is 0 Å². The molecule has 0 aromatic carbocycles. The first-order valence-corrected chi connectivity index (χ1v) is 3.46. The van der Waals surface area contributed by atoms with Crippen molar-refractivity contribution in [3.05, 3.63) is 0 Å². The van der Waals surface area contributed by atoms with Gasteiger partial charge >= 0.3 is 29.9 Å². The fraction of sp³-hybridized carbons (Fsp3) is 0. The van der Waals surface area contributed by atoms with E-state index < -0.39 is 7.87 Å². The van der Waals surface area contributed by atoms with Gasteiger partial charge in [0.05, 0.1) is 0 Å². The Labute approximate surface area is 31.0 Å². The van der Waals surface area contributed by atoms with Gasteiger partial charge in [0.15, 0.2) is 0 Å². The fourth-order valence-electron chi connectivity index (χ4n) is 0. The zero-order chi connectivity index (χ0) is 4.50. The van der Waals surface area contributed by atoms with Gasteiger partial charge in [0.25, 0.3) is 0 Å². The molecule has 0 radical (unpaired) electrons. The molecule has 5 heavy (non-hydrogen) atoms. The van der Waals surface area contributed by atoms with Crippen LogP contribution in [0.15, 0.2) is 0 Å². The monoisotopic (exact) mass is 96.1 g/mol. The van der Waals surface area contributed by atoms with Crippen molar-refractivity contribution in [2.24, 2.45) is 22.0 Å². The van der Waals surface area contributed by atoms with E-state index in [2.05, 4.69) is 0 Å². The topological polar surface area (TPSA) is 104 Å². The van der Waals surface area contributed by atoms with Crippen molar-refractivity contribution in [1.82, 2.24) is 0 Å². The summed E-state index contributed by atoms with van der Waals surface area (Å²) in [5.41, 5.74) is 19.3. The second-order valence-electron chi connectivity index (χ2n) is 1.00. The van der Waals surface area contributed by atoms with Crippen LogP contribution in [0.3, 0.4) is 0 Å². The third-order valence-corrected chi connectivity index (χ3v) is 0. The van der Waals surface area contributed by atoms with Gasteiger partial charge in [-0.15, -0.1) is 0 Å². The van der Waals surface area contributed by atoms with Gasteiger partial charge in [-0.25, -0.2) is 0 Å². The molecular weight excluding hydrogens is 87.0 g/mol. The Kier molecular flexibility index (Phi) is 1.22. The van der Waals surface area contributed by atoms with Crippen LogP contribution in [0.5, 0.6) is 0 Å². The van der Waals surface area contributed by atoms with Gasteiger partial charge in [-0.2, -0.15) is 0 Å². The van der Waals surface area contributed by atoms with Crippen LogP contribution in [0, 0.1) is 0 Å². The maximum absolute atomic E-state index is 4.83. The van der Waals surface area contributed by atoms with Crippen LogP contribution < -0.4 is 22.0 Å². The van der Waals surface area contributed by atoms with Crippen LogP contribution in [0.4, 0.5) is 0 Å². The van der Waals surface area contributed by atoms with Gasteiger partial charge in [0, 0.05) is 0 Å². The van der Waals surface area contributed by atoms with Crippen LogP contribution in [-0.4, -0.2) is 0 Å². The molecule has 0 bridgehead atoms. The first-order valence-electron chi connectivity index (χ1n) is 1.15. The van der Waals surface area contributed by atoms with Gasteiger partial charge < -0.3 is 0 Å². The third-order valence-electron chi connectivity index (χ3n) is 0. The number of nitrogens with two attached hydrogens (primary N) is 4. The first-order chi connectivity index (χ1) is 2.00. The Morgan fingerprint density at radius 2 is 0.800 bits per heavy atom. The first kappa shape index (κ1) is 5.27. The SMILES string of the molecule is N[PH](N)(N)N. The molecule has 5 heteroatoms. The van der Waals surface area contributed by atoms with E-state index in [1.807, 2.05) is 0 Å². The van der Waals surface area contributed by atoms with Crippen molar-refractivity contribution in [2.75, 3.05) is 0 Å².